The number of piperidine rings is 1. The Bertz CT molecular complexity index is 1480. The van der Waals surface area contributed by atoms with Gasteiger partial charge in [-0.05, 0) is 64.3 Å². The molecule has 12 heteroatoms. The van der Waals surface area contributed by atoms with E-state index >= 15 is 0 Å². The second-order valence-electron chi connectivity index (χ2n) is 10.2. The zero-order chi connectivity index (χ0) is 29.0. The van der Waals surface area contributed by atoms with Gasteiger partial charge in [0.1, 0.15) is 23.5 Å². The monoisotopic (exact) mass is 573 g/mol. The number of aryl methyl sites for hydroxylation is 1. The summed E-state index contributed by atoms with van der Waals surface area (Å²) in [5.74, 6) is -2.26. The van der Waals surface area contributed by atoms with Crippen molar-refractivity contribution in [3.8, 4) is 11.3 Å². The first kappa shape index (κ1) is 29.3. The van der Waals surface area contributed by atoms with E-state index in [4.69, 9.17) is 0 Å². The van der Waals surface area contributed by atoms with Crippen LogP contribution in [0.25, 0.3) is 11.3 Å². The molecule has 3 aromatic rings. The summed E-state index contributed by atoms with van der Waals surface area (Å²) < 4.78 is 56.2. The molecular weight excluding hydrogens is 540 g/mol. The van der Waals surface area contributed by atoms with Crippen molar-refractivity contribution in [2.75, 3.05) is 6.54 Å². The minimum absolute atomic E-state index is 0.00835. The average Bonchev–Trinajstić information content (AvgIpc) is 3.39. The molecule has 40 heavy (non-hydrogen) atoms. The lowest BCUT2D eigenvalue weighted by atomic mass is 10.0. The van der Waals surface area contributed by atoms with Crippen LogP contribution in [0.15, 0.2) is 53.6 Å². The fourth-order valence-electron chi connectivity index (χ4n) is 4.70. The third kappa shape index (κ3) is 6.92. The topological polar surface area (TPSA) is 124 Å². The van der Waals surface area contributed by atoms with Crippen molar-refractivity contribution < 1.29 is 26.8 Å². The summed E-state index contributed by atoms with van der Waals surface area (Å²) in [6.07, 6.45) is 3.67. The van der Waals surface area contributed by atoms with E-state index in [-0.39, 0.29) is 40.3 Å². The quantitative estimate of drug-likeness (QED) is 0.357. The molecule has 0 bridgehead atoms. The Labute approximate surface area is 232 Å². The summed E-state index contributed by atoms with van der Waals surface area (Å²) in [5.41, 5.74) is 1.25. The van der Waals surface area contributed by atoms with Crippen LogP contribution in [0.1, 0.15) is 57.0 Å². The molecule has 3 N–H and O–H groups in total. The molecule has 0 saturated carbocycles. The Hall–Kier alpha value is -3.64. The van der Waals surface area contributed by atoms with Gasteiger partial charge in [-0.1, -0.05) is 17.7 Å². The number of hydrogen-bond donors (Lipinski definition) is 3. The number of rotatable bonds is 9. The lowest BCUT2D eigenvalue weighted by molar-refractivity contribution is -0.137. The second kappa shape index (κ2) is 12.3. The summed E-state index contributed by atoms with van der Waals surface area (Å²) in [5, 5.41) is 2.70. The molecule has 0 radical (unpaired) electrons. The number of imidazole rings is 1. The average molecular weight is 574 g/mol. The molecular formula is C28H33F2N5O4S. The summed E-state index contributed by atoms with van der Waals surface area (Å²) in [7, 11) is -4.13. The SMILES string of the molecule is Cc1ccc(S(=O)(=O)NC(CC(=O)N2CCCC[C@@H]2C)C(=O)NC(C)c2ncc(-c3ccc(F)cc3F)[nH]2)cc1. The highest BCUT2D eigenvalue weighted by atomic mass is 32.2. The summed E-state index contributed by atoms with van der Waals surface area (Å²) in [6, 6.07) is 7.15. The van der Waals surface area contributed by atoms with Crippen molar-refractivity contribution in [2.24, 2.45) is 0 Å². The molecule has 2 aromatic carbocycles. The number of halogens is 2. The van der Waals surface area contributed by atoms with E-state index in [1.807, 2.05) is 13.8 Å². The number of likely N-dealkylation sites (tertiary alicyclic amines) is 1. The highest BCUT2D eigenvalue weighted by Crippen LogP contribution is 2.24. The molecule has 3 atom stereocenters. The molecule has 2 unspecified atom stereocenters. The van der Waals surface area contributed by atoms with Gasteiger partial charge in [-0.3, -0.25) is 9.59 Å². The van der Waals surface area contributed by atoms with Crippen LogP contribution in [-0.4, -0.2) is 53.7 Å². The van der Waals surface area contributed by atoms with Gasteiger partial charge in [0.05, 0.1) is 29.2 Å². The van der Waals surface area contributed by atoms with Gasteiger partial charge in [-0.25, -0.2) is 22.2 Å². The third-order valence-corrected chi connectivity index (χ3v) is 8.52. The summed E-state index contributed by atoms with van der Waals surface area (Å²) >= 11 is 0. The van der Waals surface area contributed by atoms with Crippen LogP contribution in [0, 0.1) is 18.6 Å². The number of aromatic amines is 1. The molecule has 0 spiro atoms. The smallest absolute Gasteiger partial charge is 0.241 e. The predicted molar refractivity (Wildman–Crippen MR) is 145 cm³/mol. The van der Waals surface area contributed by atoms with Crippen LogP contribution in [0.3, 0.4) is 0 Å². The molecule has 214 valence electrons. The van der Waals surface area contributed by atoms with Crippen molar-refractivity contribution in [2.45, 2.75) is 69.5 Å². The van der Waals surface area contributed by atoms with Gasteiger partial charge in [-0.15, -0.1) is 0 Å². The van der Waals surface area contributed by atoms with Gasteiger partial charge in [0.25, 0.3) is 0 Å². The lowest BCUT2D eigenvalue weighted by Gasteiger charge is -2.34. The Morgan fingerprint density at radius 3 is 2.55 bits per heavy atom. The third-order valence-electron chi connectivity index (χ3n) is 7.03. The zero-order valence-corrected chi connectivity index (χ0v) is 23.4. The normalized spacial score (nSPS) is 17.3. The van der Waals surface area contributed by atoms with Gasteiger partial charge in [0.15, 0.2) is 0 Å². The number of hydrogen-bond acceptors (Lipinski definition) is 5. The number of benzene rings is 2. The van der Waals surface area contributed by atoms with Gasteiger partial charge in [0.2, 0.25) is 21.8 Å². The summed E-state index contributed by atoms with van der Waals surface area (Å²) in [4.78, 5) is 35.4. The van der Waals surface area contributed by atoms with E-state index in [1.165, 1.54) is 24.4 Å². The number of H-pyrrole nitrogens is 1. The van der Waals surface area contributed by atoms with Crippen LogP contribution in [0.2, 0.25) is 0 Å². The van der Waals surface area contributed by atoms with E-state index < -0.39 is 39.6 Å². The minimum Gasteiger partial charge on any atom is -0.345 e. The number of sulfonamides is 1. The number of nitrogens with one attached hydrogen (secondary N) is 3. The number of nitrogens with zero attached hydrogens (tertiary/aromatic N) is 2. The first-order valence-electron chi connectivity index (χ1n) is 13.1. The Morgan fingerprint density at radius 2 is 1.88 bits per heavy atom. The molecule has 1 aliphatic heterocycles. The highest BCUT2D eigenvalue weighted by molar-refractivity contribution is 7.89. The van der Waals surface area contributed by atoms with E-state index in [1.54, 1.807) is 24.0 Å². The zero-order valence-electron chi connectivity index (χ0n) is 22.6. The van der Waals surface area contributed by atoms with Gasteiger partial charge >= 0.3 is 0 Å². The fourth-order valence-corrected chi connectivity index (χ4v) is 5.90. The molecule has 1 saturated heterocycles. The van der Waals surface area contributed by atoms with Gasteiger partial charge in [-0.2, -0.15) is 4.72 Å². The first-order valence-corrected chi connectivity index (χ1v) is 14.6. The number of amides is 2. The van der Waals surface area contributed by atoms with Gasteiger partial charge < -0.3 is 15.2 Å². The van der Waals surface area contributed by atoms with Crippen molar-refractivity contribution >= 4 is 21.8 Å². The molecule has 9 nitrogen and oxygen atoms in total. The van der Waals surface area contributed by atoms with Crippen LogP contribution >= 0.6 is 0 Å². The molecule has 1 aromatic heterocycles. The van der Waals surface area contributed by atoms with Crippen molar-refractivity contribution in [1.29, 1.82) is 0 Å². The molecule has 1 fully saturated rings. The Morgan fingerprint density at radius 1 is 1.15 bits per heavy atom. The maximum atomic E-state index is 14.2. The standard InChI is InChI=1S/C28H33F2N5O4S/c1-17-7-10-21(11-8-17)40(38,39)34-24(15-26(36)35-13-5-4-6-18(35)2)28(37)32-19(3)27-31-16-25(33-27)22-12-9-20(29)14-23(22)30/h7-12,14,16,18-19,24,34H,4-6,13,15H2,1-3H3,(H,31,33)(H,32,37)/t18-,19?,24?/m0/s1. The first-order chi connectivity index (χ1) is 18.9. The van der Waals surface area contributed by atoms with Crippen LogP contribution in [0.5, 0.6) is 0 Å². The Kier molecular flexibility index (Phi) is 8.99. The number of aromatic nitrogens is 2. The molecule has 0 aliphatic carbocycles. The van der Waals surface area contributed by atoms with E-state index in [0.29, 0.717) is 6.54 Å². The van der Waals surface area contributed by atoms with Crippen LogP contribution in [-0.2, 0) is 19.6 Å². The number of carbonyl (C=O) groups excluding carboxylic acids is 2. The summed E-state index contributed by atoms with van der Waals surface area (Å²) in [6.45, 7) is 5.92. The van der Waals surface area contributed by atoms with Crippen LogP contribution in [0.4, 0.5) is 8.78 Å². The fraction of sp³-hybridized carbons (Fsp3) is 0.393. The molecule has 4 rings (SSSR count). The molecule has 1 aliphatic rings. The van der Waals surface area contributed by atoms with E-state index in [0.717, 1.165) is 37.0 Å². The predicted octanol–water partition coefficient (Wildman–Crippen LogP) is 3.98. The highest BCUT2D eigenvalue weighted by Gasteiger charge is 2.32. The maximum Gasteiger partial charge on any atom is 0.241 e. The van der Waals surface area contributed by atoms with Crippen molar-refractivity contribution in [3.05, 3.63) is 71.7 Å². The van der Waals surface area contributed by atoms with Crippen molar-refractivity contribution in [3.63, 3.8) is 0 Å². The van der Waals surface area contributed by atoms with Gasteiger partial charge in [0, 0.05) is 24.2 Å². The second-order valence-corrected chi connectivity index (χ2v) is 11.9. The van der Waals surface area contributed by atoms with E-state index in [2.05, 4.69) is 20.0 Å². The molecule has 2 amide bonds. The van der Waals surface area contributed by atoms with Crippen molar-refractivity contribution in [1.82, 2.24) is 24.9 Å². The van der Waals surface area contributed by atoms with Crippen LogP contribution < -0.4 is 10.0 Å². The lowest BCUT2D eigenvalue weighted by Crippen LogP contribution is -2.51. The maximum absolute atomic E-state index is 14.2. The Balaban J connectivity index is 1.53. The van der Waals surface area contributed by atoms with E-state index in [9.17, 15) is 26.8 Å². The molecule has 2 heterocycles. The largest absolute Gasteiger partial charge is 0.345 e. The number of carbonyl (C=O) groups is 2. The minimum atomic E-state index is -4.13.